The number of carbonyl (C=O) groups is 2. The van der Waals surface area contributed by atoms with Gasteiger partial charge in [0.25, 0.3) is 0 Å². The summed E-state index contributed by atoms with van der Waals surface area (Å²) in [4.78, 5) is 19.0. The van der Waals surface area contributed by atoms with Crippen LogP contribution >= 0.6 is 0 Å². The van der Waals surface area contributed by atoms with E-state index in [1.54, 1.807) is 7.05 Å². The molecule has 0 aliphatic heterocycles. The molecule has 3 N–H and O–H groups in total. The second-order valence-corrected chi connectivity index (χ2v) is 2.39. The highest BCUT2D eigenvalue weighted by Crippen LogP contribution is 2.13. The molecule has 0 rings (SSSR count). The van der Waals surface area contributed by atoms with Crippen LogP contribution in [0, 0.1) is 0 Å². The van der Waals surface area contributed by atoms with Crippen molar-refractivity contribution in [3.63, 3.8) is 0 Å². The van der Waals surface area contributed by atoms with E-state index in [0.29, 0.717) is 6.42 Å². The molecule has 5 nitrogen and oxygen atoms in total. The van der Waals surface area contributed by atoms with Crippen LogP contribution in [-0.2, 0) is 9.59 Å². The average Bonchev–Trinajstić information content (AvgIpc) is 2.04. The Hall–Kier alpha value is -1.31. The summed E-state index contributed by atoms with van der Waals surface area (Å²) in [6, 6.07) is -0.380. The van der Waals surface area contributed by atoms with Crippen molar-refractivity contribution in [2.45, 2.75) is 25.6 Å². The van der Waals surface area contributed by atoms with Crippen molar-refractivity contribution in [3.05, 3.63) is 0 Å². The van der Waals surface area contributed by atoms with Gasteiger partial charge in [-0.15, -0.1) is 0 Å². The fraction of sp³-hybridized carbons (Fsp3) is 0.714. The first-order valence-electron chi connectivity index (χ1n) is 3.87. The van der Waals surface area contributed by atoms with Crippen molar-refractivity contribution in [2.24, 2.45) is 0 Å². The summed E-state index contributed by atoms with van der Waals surface area (Å²) in [6.07, 6.45) is -4.45. The first-order valence-corrected chi connectivity index (χ1v) is 3.87. The maximum absolute atomic E-state index is 10.6. The topological polar surface area (TPSA) is 86.6 Å². The first-order chi connectivity index (χ1) is 6.66. The lowest BCUT2D eigenvalue weighted by Gasteiger charge is -2.05. The van der Waals surface area contributed by atoms with E-state index in [2.05, 4.69) is 5.32 Å². The Balaban J connectivity index is 0. The zero-order chi connectivity index (χ0) is 12.6. The van der Waals surface area contributed by atoms with E-state index in [-0.39, 0.29) is 6.04 Å². The van der Waals surface area contributed by atoms with E-state index < -0.39 is 18.1 Å². The number of nitrogens with one attached hydrogen (secondary N) is 1. The molecule has 15 heavy (non-hydrogen) atoms. The average molecular weight is 231 g/mol. The number of rotatable bonds is 3. The van der Waals surface area contributed by atoms with Crippen molar-refractivity contribution in [1.82, 2.24) is 5.32 Å². The van der Waals surface area contributed by atoms with Gasteiger partial charge in [0.15, 0.2) is 0 Å². The molecule has 1 unspecified atom stereocenters. The van der Waals surface area contributed by atoms with E-state index in [9.17, 15) is 18.0 Å². The third kappa shape index (κ3) is 9.01. The first kappa shape index (κ1) is 16.1. The van der Waals surface area contributed by atoms with E-state index >= 15 is 0 Å². The second-order valence-electron chi connectivity index (χ2n) is 2.39. The Morgan fingerprint density at radius 3 is 1.67 bits per heavy atom. The van der Waals surface area contributed by atoms with Gasteiger partial charge in [0, 0.05) is 0 Å². The molecule has 0 saturated heterocycles. The SMILES string of the molecule is CCC(NC)C(=O)O.O=C(O)C(F)(F)F. The van der Waals surface area contributed by atoms with Gasteiger partial charge in [-0.3, -0.25) is 4.79 Å². The minimum atomic E-state index is -5.08. The van der Waals surface area contributed by atoms with Crippen molar-refractivity contribution < 1.29 is 33.0 Å². The maximum Gasteiger partial charge on any atom is 0.490 e. The number of hydrogen-bond donors (Lipinski definition) is 3. The number of aliphatic carboxylic acids is 2. The molecule has 0 aromatic heterocycles. The third-order valence-electron chi connectivity index (χ3n) is 1.30. The molecule has 1 atom stereocenters. The van der Waals surface area contributed by atoms with Crippen LogP contribution in [0.5, 0.6) is 0 Å². The van der Waals surface area contributed by atoms with Crippen LogP contribution in [0.3, 0.4) is 0 Å². The number of carboxylic acids is 2. The Kier molecular flexibility index (Phi) is 7.58. The summed E-state index contributed by atoms with van der Waals surface area (Å²) >= 11 is 0. The summed E-state index contributed by atoms with van der Waals surface area (Å²) in [6.45, 7) is 1.83. The minimum Gasteiger partial charge on any atom is -0.480 e. The van der Waals surface area contributed by atoms with Gasteiger partial charge in [-0.25, -0.2) is 4.79 Å². The number of hydrogen-bond acceptors (Lipinski definition) is 3. The Morgan fingerprint density at radius 1 is 1.33 bits per heavy atom. The van der Waals surface area contributed by atoms with Gasteiger partial charge in [-0.05, 0) is 13.5 Å². The van der Waals surface area contributed by atoms with Crippen molar-refractivity contribution >= 4 is 11.9 Å². The van der Waals surface area contributed by atoms with Crippen molar-refractivity contribution in [3.8, 4) is 0 Å². The molecule has 0 aliphatic carbocycles. The van der Waals surface area contributed by atoms with Crippen LogP contribution in [0.1, 0.15) is 13.3 Å². The number of halogens is 3. The Labute approximate surface area is 83.9 Å². The molecular weight excluding hydrogens is 219 g/mol. The molecule has 90 valence electrons. The van der Waals surface area contributed by atoms with E-state index in [1.165, 1.54) is 0 Å². The second kappa shape index (κ2) is 7.04. The van der Waals surface area contributed by atoms with Crippen LogP contribution in [0.25, 0.3) is 0 Å². The summed E-state index contributed by atoms with van der Waals surface area (Å²) < 4.78 is 31.7. The smallest absolute Gasteiger partial charge is 0.480 e. The monoisotopic (exact) mass is 231 g/mol. The predicted molar refractivity (Wildman–Crippen MR) is 44.5 cm³/mol. The van der Waals surface area contributed by atoms with E-state index in [4.69, 9.17) is 15.0 Å². The van der Waals surface area contributed by atoms with Crippen LogP contribution in [0.2, 0.25) is 0 Å². The molecule has 0 saturated carbocycles. The van der Waals surface area contributed by atoms with Crippen LogP contribution in [0.15, 0.2) is 0 Å². The third-order valence-corrected chi connectivity index (χ3v) is 1.30. The summed E-state index contributed by atoms with van der Waals surface area (Å²) in [7, 11) is 1.64. The summed E-state index contributed by atoms with van der Waals surface area (Å²) in [5.41, 5.74) is 0. The normalized spacial score (nSPS) is 12.3. The molecule has 0 radical (unpaired) electrons. The molecule has 0 spiro atoms. The molecule has 0 aromatic rings. The highest BCUT2D eigenvalue weighted by Gasteiger charge is 2.38. The summed E-state index contributed by atoms with van der Waals surface area (Å²) in [5.74, 6) is -3.54. The zero-order valence-electron chi connectivity index (χ0n) is 8.13. The van der Waals surface area contributed by atoms with Crippen LogP contribution in [0.4, 0.5) is 13.2 Å². The predicted octanol–water partition coefficient (Wildman–Crippen LogP) is 0.702. The van der Waals surface area contributed by atoms with E-state index in [1.807, 2.05) is 6.92 Å². The molecular formula is C7H12F3NO4. The van der Waals surface area contributed by atoms with Gasteiger partial charge in [-0.2, -0.15) is 13.2 Å². The van der Waals surface area contributed by atoms with Gasteiger partial charge >= 0.3 is 18.1 Å². The minimum absolute atomic E-state index is 0.380. The maximum atomic E-state index is 10.6. The molecule has 0 heterocycles. The molecule has 0 aliphatic rings. The van der Waals surface area contributed by atoms with Gasteiger partial charge < -0.3 is 15.5 Å². The highest BCUT2D eigenvalue weighted by molar-refractivity contribution is 5.73. The molecule has 0 amide bonds. The fourth-order valence-corrected chi connectivity index (χ4v) is 0.502. The lowest BCUT2D eigenvalue weighted by Crippen LogP contribution is -2.32. The Bertz CT molecular complexity index is 213. The van der Waals surface area contributed by atoms with Gasteiger partial charge in [0.05, 0.1) is 0 Å². The number of carboxylic acid groups (broad SMARTS) is 2. The zero-order valence-corrected chi connectivity index (χ0v) is 8.13. The van der Waals surface area contributed by atoms with Gasteiger partial charge in [0.1, 0.15) is 6.04 Å². The molecule has 0 bridgehead atoms. The Morgan fingerprint density at radius 2 is 1.67 bits per heavy atom. The van der Waals surface area contributed by atoms with Gasteiger partial charge in [0.2, 0.25) is 0 Å². The molecule has 0 aromatic carbocycles. The van der Waals surface area contributed by atoms with E-state index in [0.717, 1.165) is 0 Å². The largest absolute Gasteiger partial charge is 0.490 e. The lowest BCUT2D eigenvalue weighted by atomic mass is 10.2. The lowest BCUT2D eigenvalue weighted by molar-refractivity contribution is -0.192. The quantitative estimate of drug-likeness (QED) is 0.665. The molecule has 8 heteroatoms. The fourth-order valence-electron chi connectivity index (χ4n) is 0.502. The number of likely N-dealkylation sites (N-methyl/N-ethyl adjacent to an activating group) is 1. The van der Waals surface area contributed by atoms with Crippen molar-refractivity contribution in [2.75, 3.05) is 7.05 Å². The summed E-state index contributed by atoms with van der Waals surface area (Å²) in [5, 5.41) is 18.1. The van der Waals surface area contributed by atoms with Crippen LogP contribution < -0.4 is 5.32 Å². The standard InChI is InChI=1S/C5H11NO2.C2HF3O2/c1-3-4(6-2)5(7)8;3-2(4,5)1(6)7/h4,6H,3H2,1-2H3,(H,7,8);(H,6,7). The number of alkyl halides is 3. The highest BCUT2D eigenvalue weighted by atomic mass is 19.4. The van der Waals surface area contributed by atoms with Crippen molar-refractivity contribution in [1.29, 1.82) is 0 Å². The van der Waals surface area contributed by atoms with Crippen LogP contribution in [-0.4, -0.2) is 41.4 Å². The molecule has 0 fully saturated rings. The van der Waals surface area contributed by atoms with Gasteiger partial charge in [-0.1, -0.05) is 6.92 Å².